The summed E-state index contributed by atoms with van der Waals surface area (Å²) >= 11 is 0. The van der Waals surface area contributed by atoms with E-state index in [-0.39, 0.29) is 10.8 Å². The van der Waals surface area contributed by atoms with Crippen LogP contribution in [-0.2, 0) is 21.2 Å². The molecule has 0 radical (unpaired) electrons. The summed E-state index contributed by atoms with van der Waals surface area (Å²) in [6.45, 7) is 0. The molecule has 1 aromatic rings. The molecular weight excluding hydrogens is 288 g/mol. The molecule has 5 nitrogen and oxygen atoms in total. The van der Waals surface area contributed by atoms with Crippen molar-refractivity contribution in [3.05, 3.63) is 29.8 Å². The van der Waals surface area contributed by atoms with Crippen LogP contribution in [0.3, 0.4) is 0 Å². The van der Waals surface area contributed by atoms with Crippen molar-refractivity contribution in [3.63, 3.8) is 0 Å². The molecule has 1 aliphatic rings. The van der Waals surface area contributed by atoms with E-state index in [1.165, 1.54) is 31.2 Å². The summed E-state index contributed by atoms with van der Waals surface area (Å²) in [5, 5.41) is 3.03. The molecule has 0 aliphatic heterocycles. The van der Waals surface area contributed by atoms with Crippen LogP contribution in [0.2, 0.25) is 0 Å². The van der Waals surface area contributed by atoms with Gasteiger partial charge in [0.25, 0.3) is 0 Å². The molecule has 1 aromatic carbocycles. The third kappa shape index (κ3) is 4.04. The Hall–Kier alpha value is -1.40. The van der Waals surface area contributed by atoms with Crippen molar-refractivity contribution < 1.29 is 13.2 Å². The molecule has 1 aliphatic carbocycles. The average molecular weight is 310 g/mol. The Bertz CT molecular complexity index is 588. The van der Waals surface area contributed by atoms with Crippen LogP contribution in [-0.4, -0.2) is 38.8 Å². The van der Waals surface area contributed by atoms with Gasteiger partial charge in [-0.1, -0.05) is 25.0 Å². The van der Waals surface area contributed by atoms with Gasteiger partial charge < -0.3 is 5.32 Å². The highest BCUT2D eigenvalue weighted by atomic mass is 32.2. The van der Waals surface area contributed by atoms with E-state index in [0.29, 0.717) is 12.5 Å². The third-order valence-corrected chi connectivity index (χ3v) is 5.62. The minimum atomic E-state index is -3.41. The van der Waals surface area contributed by atoms with Gasteiger partial charge in [0.2, 0.25) is 15.9 Å². The van der Waals surface area contributed by atoms with Crippen molar-refractivity contribution in [3.8, 4) is 0 Å². The topological polar surface area (TPSA) is 66.5 Å². The first-order chi connectivity index (χ1) is 9.89. The Balaban J connectivity index is 1.97. The number of rotatable bonds is 5. The molecule has 0 spiro atoms. The highest BCUT2D eigenvalue weighted by Crippen LogP contribution is 2.18. The van der Waals surface area contributed by atoms with Crippen LogP contribution in [0.15, 0.2) is 29.2 Å². The highest BCUT2D eigenvalue weighted by Gasteiger charge is 2.18. The molecule has 0 aromatic heterocycles. The molecule has 1 amide bonds. The van der Waals surface area contributed by atoms with E-state index in [4.69, 9.17) is 0 Å². The minimum absolute atomic E-state index is 0.00474. The van der Waals surface area contributed by atoms with Gasteiger partial charge in [-0.05, 0) is 30.5 Å². The zero-order valence-electron chi connectivity index (χ0n) is 12.5. The lowest BCUT2D eigenvalue weighted by Gasteiger charge is -2.13. The van der Waals surface area contributed by atoms with Crippen molar-refractivity contribution in [2.75, 3.05) is 14.1 Å². The molecule has 2 rings (SSSR count). The number of carbonyl (C=O) groups is 1. The second-order valence-corrected chi connectivity index (χ2v) is 7.81. The maximum absolute atomic E-state index is 11.9. The minimum Gasteiger partial charge on any atom is -0.353 e. The van der Waals surface area contributed by atoms with Gasteiger partial charge in [-0.3, -0.25) is 4.79 Å². The second-order valence-electron chi connectivity index (χ2n) is 5.66. The van der Waals surface area contributed by atoms with E-state index < -0.39 is 10.0 Å². The standard InChI is InChI=1S/C15H22N2O3S/c1-17(2)21(19,20)14-9-7-12(8-10-14)11-15(18)16-13-5-3-4-6-13/h7-10,13H,3-6,11H2,1-2H3,(H,16,18). The van der Waals surface area contributed by atoms with Gasteiger partial charge in [0, 0.05) is 20.1 Å². The molecule has 6 heteroatoms. The number of nitrogens with zero attached hydrogens (tertiary/aromatic N) is 1. The van der Waals surface area contributed by atoms with Gasteiger partial charge in [-0.2, -0.15) is 0 Å². The molecule has 0 bridgehead atoms. The van der Waals surface area contributed by atoms with Crippen LogP contribution < -0.4 is 5.32 Å². The summed E-state index contributed by atoms with van der Waals surface area (Å²) in [6.07, 6.45) is 4.78. The van der Waals surface area contributed by atoms with Crippen molar-refractivity contribution in [1.29, 1.82) is 0 Å². The first-order valence-corrected chi connectivity index (χ1v) is 8.64. The van der Waals surface area contributed by atoms with Gasteiger partial charge in [0.15, 0.2) is 0 Å². The maximum Gasteiger partial charge on any atom is 0.242 e. The number of hydrogen-bond donors (Lipinski definition) is 1. The van der Waals surface area contributed by atoms with Gasteiger partial charge in [0.1, 0.15) is 0 Å². The van der Waals surface area contributed by atoms with Crippen LogP contribution in [0.5, 0.6) is 0 Å². The molecule has 1 saturated carbocycles. The van der Waals surface area contributed by atoms with E-state index >= 15 is 0 Å². The first-order valence-electron chi connectivity index (χ1n) is 7.20. The molecule has 0 unspecified atom stereocenters. The number of hydrogen-bond acceptors (Lipinski definition) is 3. The Labute approximate surface area is 126 Å². The number of carbonyl (C=O) groups excluding carboxylic acids is 1. The van der Waals surface area contributed by atoms with Crippen LogP contribution in [0, 0.1) is 0 Å². The second kappa shape index (κ2) is 6.58. The van der Waals surface area contributed by atoms with Crippen LogP contribution in [0.25, 0.3) is 0 Å². The monoisotopic (exact) mass is 310 g/mol. The Kier molecular flexibility index (Phi) is 5.00. The molecule has 1 N–H and O–H groups in total. The maximum atomic E-state index is 11.9. The summed E-state index contributed by atoms with van der Waals surface area (Å²) in [6, 6.07) is 6.81. The molecule has 0 heterocycles. The van der Waals surface area contributed by atoms with E-state index in [1.54, 1.807) is 24.3 Å². The van der Waals surface area contributed by atoms with Gasteiger partial charge in [-0.25, -0.2) is 12.7 Å². The van der Waals surface area contributed by atoms with Crippen LogP contribution in [0.1, 0.15) is 31.2 Å². The van der Waals surface area contributed by atoms with Gasteiger partial charge in [-0.15, -0.1) is 0 Å². The molecule has 116 valence electrons. The zero-order chi connectivity index (χ0) is 15.5. The Morgan fingerprint density at radius 3 is 2.29 bits per heavy atom. The number of benzene rings is 1. The lowest BCUT2D eigenvalue weighted by Crippen LogP contribution is -2.33. The lowest BCUT2D eigenvalue weighted by atomic mass is 10.1. The molecular formula is C15H22N2O3S. The van der Waals surface area contributed by atoms with Crippen molar-refractivity contribution in [2.45, 2.75) is 43.0 Å². The number of amides is 1. The average Bonchev–Trinajstić information content (AvgIpc) is 2.91. The fourth-order valence-corrected chi connectivity index (χ4v) is 3.43. The SMILES string of the molecule is CN(C)S(=O)(=O)c1ccc(CC(=O)NC2CCCC2)cc1. The summed E-state index contributed by atoms with van der Waals surface area (Å²) in [7, 11) is -0.411. The predicted octanol–water partition coefficient (Wildman–Crippen LogP) is 1.54. The largest absolute Gasteiger partial charge is 0.353 e. The zero-order valence-corrected chi connectivity index (χ0v) is 13.3. The van der Waals surface area contributed by atoms with Crippen molar-refractivity contribution in [1.82, 2.24) is 9.62 Å². The van der Waals surface area contributed by atoms with E-state index in [1.807, 2.05) is 0 Å². The van der Waals surface area contributed by atoms with Crippen molar-refractivity contribution in [2.24, 2.45) is 0 Å². The van der Waals surface area contributed by atoms with Crippen LogP contribution in [0.4, 0.5) is 0 Å². The van der Waals surface area contributed by atoms with Crippen molar-refractivity contribution >= 4 is 15.9 Å². The fourth-order valence-electron chi connectivity index (χ4n) is 2.52. The predicted molar refractivity (Wildman–Crippen MR) is 81.4 cm³/mol. The number of nitrogens with one attached hydrogen (secondary N) is 1. The third-order valence-electron chi connectivity index (χ3n) is 3.79. The lowest BCUT2D eigenvalue weighted by molar-refractivity contribution is -0.121. The van der Waals surface area contributed by atoms with E-state index in [0.717, 1.165) is 18.4 Å². The van der Waals surface area contributed by atoms with E-state index in [2.05, 4.69) is 5.32 Å². The van der Waals surface area contributed by atoms with Crippen LogP contribution >= 0.6 is 0 Å². The van der Waals surface area contributed by atoms with E-state index in [9.17, 15) is 13.2 Å². The summed E-state index contributed by atoms with van der Waals surface area (Å²) in [4.78, 5) is 12.2. The summed E-state index contributed by atoms with van der Waals surface area (Å²) in [5.41, 5.74) is 0.822. The smallest absolute Gasteiger partial charge is 0.242 e. The molecule has 1 fully saturated rings. The normalized spacial score (nSPS) is 16.3. The molecule has 0 saturated heterocycles. The van der Waals surface area contributed by atoms with Gasteiger partial charge in [0.05, 0.1) is 11.3 Å². The first kappa shape index (κ1) is 16.0. The molecule has 0 atom stereocenters. The van der Waals surface area contributed by atoms with Gasteiger partial charge >= 0.3 is 0 Å². The summed E-state index contributed by atoms with van der Waals surface area (Å²) in [5.74, 6) is 0.00474. The Morgan fingerprint density at radius 2 is 1.76 bits per heavy atom. The fraction of sp³-hybridized carbons (Fsp3) is 0.533. The number of sulfonamides is 1. The Morgan fingerprint density at radius 1 is 1.19 bits per heavy atom. The molecule has 21 heavy (non-hydrogen) atoms. The highest BCUT2D eigenvalue weighted by molar-refractivity contribution is 7.89. The summed E-state index contributed by atoms with van der Waals surface area (Å²) < 4.78 is 25.1. The quantitative estimate of drug-likeness (QED) is 0.897.